The first-order valence-electron chi connectivity index (χ1n) is 6.23. The molecule has 0 bridgehead atoms. The molecule has 106 valence electrons. The third-order valence-corrected chi connectivity index (χ3v) is 3.96. The summed E-state index contributed by atoms with van der Waals surface area (Å²) >= 11 is 9.05. The molecule has 1 atom stereocenters. The topological polar surface area (TPSA) is 38.0 Å². The largest absolute Gasteiger partial charge is 0.271 e. The predicted molar refractivity (Wildman–Crippen MR) is 84.1 cm³/mol. The van der Waals surface area contributed by atoms with Gasteiger partial charge in [0.05, 0.1) is 4.47 Å². The van der Waals surface area contributed by atoms with Crippen LogP contribution in [0.5, 0.6) is 0 Å². The summed E-state index contributed by atoms with van der Waals surface area (Å²) in [6.45, 7) is 0. The highest BCUT2D eigenvalue weighted by Gasteiger charge is 2.10. The molecule has 0 aliphatic carbocycles. The summed E-state index contributed by atoms with van der Waals surface area (Å²) in [5, 5.41) is 0.716. The van der Waals surface area contributed by atoms with Crippen molar-refractivity contribution in [3.05, 3.63) is 68.9 Å². The summed E-state index contributed by atoms with van der Waals surface area (Å²) in [7, 11) is 0. The van der Waals surface area contributed by atoms with Gasteiger partial charge in [-0.15, -0.1) is 0 Å². The molecule has 0 amide bonds. The third-order valence-electron chi connectivity index (χ3n) is 3.10. The smallest absolute Gasteiger partial charge is 0.137 e. The zero-order valence-electron chi connectivity index (χ0n) is 10.7. The lowest BCUT2D eigenvalue weighted by atomic mass is 9.99. The normalized spacial score (nSPS) is 12.4. The van der Waals surface area contributed by atoms with Gasteiger partial charge in [-0.05, 0) is 64.2 Å². The van der Waals surface area contributed by atoms with E-state index in [1.807, 2.05) is 24.3 Å². The summed E-state index contributed by atoms with van der Waals surface area (Å²) in [5.74, 6) is 5.34. The zero-order chi connectivity index (χ0) is 14.5. The Bertz CT molecular complexity index is 575. The lowest BCUT2D eigenvalue weighted by Crippen LogP contribution is -2.38. The number of nitrogens with two attached hydrogens (primary N) is 1. The Hall–Kier alpha value is -0.940. The van der Waals surface area contributed by atoms with E-state index in [0.717, 1.165) is 24.0 Å². The summed E-state index contributed by atoms with van der Waals surface area (Å²) < 4.78 is 13.7. The van der Waals surface area contributed by atoms with E-state index in [0.29, 0.717) is 9.50 Å². The molecule has 0 aromatic heterocycles. The van der Waals surface area contributed by atoms with Gasteiger partial charge in [0.15, 0.2) is 0 Å². The Morgan fingerprint density at radius 1 is 1.10 bits per heavy atom. The third kappa shape index (κ3) is 4.28. The van der Waals surface area contributed by atoms with Gasteiger partial charge in [-0.3, -0.25) is 11.3 Å². The van der Waals surface area contributed by atoms with Crippen LogP contribution in [0.1, 0.15) is 11.1 Å². The fourth-order valence-electron chi connectivity index (χ4n) is 2.05. The Morgan fingerprint density at radius 2 is 1.70 bits per heavy atom. The van der Waals surface area contributed by atoms with E-state index in [2.05, 4.69) is 21.4 Å². The molecule has 0 radical (unpaired) electrons. The molecule has 2 rings (SSSR count). The molecule has 0 saturated carbocycles. The van der Waals surface area contributed by atoms with Crippen molar-refractivity contribution in [1.82, 2.24) is 5.43 Å². The molecule has 0 spiro atoms. The van der Waals surface area contributed by atoms with Gasteiger partial charge >= 0.3 is 0 Å². The average molecular weight is 358 g/mol. The Morgan fingerprint density at radius 3 is 2.30 bits per heavy atom. The summed E-state index contributed by atoms with van der Waals surface area (Å²) in [6.07, 6.45) is 1.50. The highest BCUT2D eigenvalue weighted by atomic mass is 79.9. The lowest BCUT2D eigenvalue weighted by Gasteiger charge is -2.16. The van der Waals surface area contributed by atoms with Crippen molar-refractivity contribution in [2.75, 3.05) is 0 Å². The first-order valence-corrected chi connectivity index (χ1v) is 7.40. The van der Waals surface area contributed by atoms with Crippen molar-refractivity contribution in [1.29, 1.82) is 0 Å². The Kier molecular flexibility index (Phi) is 5.54. The van der Waals surface area contributed by atoms with E-state index < -0.39 is 0 Å². The molecular weight excluding hydrogens is 343 g/mol. The first kappa shape index (κ1) is 15.4. The van der Waals surface area contributed by atoms with Gasteiger partial charge in [-0.2, -0.15) is 0 Å². The van der Waals surface area contributed by atoms with Crippen LogP contribution in [0.15, 0.2) is 46.9 Å². The second-order valence-electron chi connectivity index (χ2n) is 4.65. The molecule has 0 saturated heterocycles. The van der Waals surface area contributed by atoms with E-state index in [9.17, 15) is 4.39 Å². The Balaban J connectivity index is 2.04. The molecule has 2 aromatic carbocycles. The van der Waals surface area contributed by atoms with Gasteiger partial charge in [0.2, 0.25) is 0 Å². The molecule has 3 N–H and O–H groups in total. The SMILES string of the molecule is NNC(Cc1ccc(Cl)cc1)Cc1ccc(F)c(Br)c1. The van der Waals surface area contributed by atoms with Crippen LogP contribution in [0.4, 0.5) is 4.39 Å². The summed E-state index contributed by atoms with van der Waals surface area (Å²) in [6, 6.07) is 12.8. The molecule has 0 aliphatic heterocycles. The van der Waals surface area contributed by atoms with Crippen molar-refractivity contribution < 1.29 is 4.39 Å². The van der Waals surface area contributed by atoms with Gasteiger partial charge in [-0.1, -0.05) is 29.8 Å². The highest BCUT2D eigenvalue weighted by molar-refractivity contribution is 9.10. The molecule has 0 fully saturated rings. The van der Waals surface area contributed by atoms with Crippen molar-refractivity contribution in [3.63, 3.8) is 0 Å². The van der Waals surface area contributed by atoms with Crippen LogP contribution in [-0.4, -0.2) is 6.04 Å². The minimum absolute atomic E-state index is 0.0773. The minimum atomic E-state index is -0.260. The minimum Gasteiger partial charge on any atom is -0.271 e. The van der Waals surface area contributed by atoms with Crippen molar-refractivity contribution in [3.8, 4) is 0 Å². The lowest BCUT2D eigenvalue weighted by molar-refractivity contribution is 0.521. The summed E-state index contributed by atoms with van der Waals surface area (Å²) in [5.41, 5.74) is 4.98. The molecule has 20 heavy (non-hydrogen) atoms. The molecule has 0 heterocycles. The van der Waals surface area contributed by atoms with Gasteiger partial charge < -0.3 is 0 Å². The molecule has 2 aromatic rings. The number of rotatable bonds is 5. The number of hydrogen-bond donors (Lipinski definition) is 2. The van der Waals surface area contributed by atoms with Gasteiger partial charge in [0.25, 0.3) is 0 Å². The van der Waals surface area contributed by atoms with Crippen LogP contribution in [0.2, 0.25) is 5.02 Å². The fourth-order valence-corrected chi connectivity index (χ4v) is 2.60. The van der Waals surface area contributed by atoms with E-state index in [1.54, 1.807) is 12.1 Å². The summed E-state index contributed by atoms with van der Waals surface area (Å²) in [4.78, 5) is 0. The standard InChI is InChI=1S/C15H15BrClFN2/c16-14-9-11(3-6-15(14)18)8-13(20-19)7-10-1-4-12(17)5-2-10/h1-6,9,13,20H,7-8,19H2. The number of halogens is 3. The zero-order valence-corrected chi connectivity index (χ0v) is 13.1. The number of benzene rings is 2. The molecule has 0 aliphatic rings. The fraction of sp³-hybridized carbons (Fsp3) is 0.200. The second kappa shape index (κ2) is 7.18. The first-order chi connectivity index (χ1) is 9.58. The molecule has 1 unspecified atom stereocenters. The number of hydrazine groups is 1. The number of hydrogen-bond acceptors (Lipinski definition) is 2. The quantitative estimate of drug-likeness (QED) is 0.630. The van der Waals surface area contributed by atoms with Crippen LogP contribution >= 0.6 is 27.5 Å². The van der Waals surface area contributed by atoms with Crippen LogP contribution in [-0.2, 0) is 12.8 Å². The highest BCUT2D eigenvalue weighted by Crippen LogP contribution is 2.19. The van der Waals surface area contributed by atoms with Crippen LogP contribution in [0.25, 0.3) is 0 Å². The number of nitrogens with one attached hydrogen (secondary N) is 1. The molecule has 2 nitrogen and oxygen atoms in total. The van der Waals surface area contributed by atoms with Gasteiger partial charge in [0.1, 0.15) is 5.82 Å². The van der Waals surface area contributed by atoms with Crippen molar-refractivity contribution in [2.45, 2.75) is 18.9 Å². The van der Waals surface area contributed by atoms with Crippen LogP contribution in [0, 0.1) is 5.82 Å². The van der Waals surface area contributed by atoms with E-state index >= 15 is 0 Å². The maximum absolute atomic E-state index is 13.2. The monoisotopic (exact) mass is 356 g/mol. The van der Waals surface area contributed by atoms with Gasteiger partial charge in [0, 0.05) is 11.1 Å². The molecule has 5 heteroatoms. The van der Waals surface area contributed by atoms with Crippen molar-refractivity contribution >= 4 is 27.5 Å². The maximum Gasteiger partial charge on any atom is 0.137 e. The van der Waals surface area contributed by atoms with Crippen LogP contribution < -0.4 is 11.3 Å². The average Bonchev–Trinajstić information content (AvgIpc) is 2.44. The Labute approximate surface area is 131 Å². The van der Waals surface area contributed by atoms with E-state index in [4.69, 9.17) is 17.4 Å². The molecular formula is C15H15BrClFN2. The van der Waals surface area contributed by atoms with E-state index in [1.165, 1.54) is 6.07 Å². The van der Waals surface area contributed by atoms with E-state index in [-0.39, 0.29) is 11.9 Å². The predicted octanol–water partition coefficient (Wildman–Crippen LogP) is 3.86. The maximum atomic E-state index is 13.2. The van der Waals surface area contributed by atoms with Gasteiger partial charge in [-0.25, -0.2) is 4.39 Å². The van der Waals surface area contributed by atoms with Crippen molar-refractivity contribution in [2.24, 2.45) is 5.84 Å². The van der Waals surface area contributed by atoms with Crippen LogP contribution in [0.3, 0.4) is 0 Å². The second-order valence-corrected chi connectivity index (χ2v) is 5.94.